The van der Waals surface area contributed by atoms with Crippen LogP contribution in [0.2, 0.25) is 0 Å². The maximum atomic E-state index is 13.7. The molecule has 19 heavy (non-hydrogen) atoms. The van der Waals surface area contributed by atoms with E-state index < -0.39 is 0 Å². The summed E-state index contributed by atoms with van der Waals surface area (Å²) in [6.07, 6.45) is 0. The van der Waals surface area contributed by atoms with E-state index >= 15 is 0 Å². The lowest BCUT2D eigenvalue weighted by molar-refractivity contribution is 0.620. The summed E-state index contributed by atoms with van der Waals surface area (Å²) in [5.41, 5.74) is 3.15. The quantitative estimate of drug-likeness (QED) is 0.619. The van der Waals surface area contributed by atoms with E-state index in [9.17, 15) is 4.39 Å². The molecule has 2 aromatic heterocycles. The predicted octanol–water partition coefficient (Wildman–Crippen LogP) is 4.83. The normalized spacial score (nSPS) is 13.1. The Labute approximate surface area is 119 Å². The van der Waals surface area contributed by atoms with Crippen molar-refractivity contribution in [2.45, 2.75) is 19.2 Å². The van der Waals surface area contributed by atoms with Gasteiger partial charge in [-0.15, -0.1) is 11.6 Å². The van der Waals surface area contributed by atoms with Crippen molar-refractivity contribution in [2.75, 3.05) is 0 Å². The first-order valence-electron chi connectivity index (χ1n) is 5.93. The van der Waals surface area contributed by atoms with Gasteiger partial charge in [-0.25, -0.2) is 9.37 Å². The largest absolute Gasteiger partial charge is 0.294 e. The molecule has 1 atom stereocenters. The molecule has 3 aromatic rings. The van der Waals surface area contributed by atoms with Crippen molar-refractivity contribution in [2.24, 2.45) is 0 Å². The first-order valence-corrected chi connectivity index (χ1v) is 7.31. The van der Waals surface area contributed by atoms with Crippen molar-refractivity contribution < 1.29 is 4.39 Å². The monoisotopic (exact) mass is 294 g/mol. The summed E-state index contributed by atoms with van der Waals surface area (Å²) in [5, 5.41) is 3.79. The van der Waals surface area contributed by atoms with E-state index in [1.54, 1.807) is 18.3 Å². The van der Waals surface area contributed by atoms with Gasteiger partial charge >= 0.3 is 0 Å². The lowest BCUT2D eigenvalue weighted by Crippen LogP contribution is -2.00. The van der Waals surface area contributed by atoms with Gasteiger partial charge in [0.25, 0.3) is 0 Å². The van der Waals surface area contributed by atoms with Gasteiger partial charge in [0.1, 0.15) is 11.6 Å². The fraction of sp³-hybridized carbons (Fsp3) is 0.214. The van der Waals surface area contributed by atoms with Gasteiger partial charge in [0.2, 0.25) is 0 Å². The molecule has 3 rings (SSSR count). The summed E-state index contributed by atoms with van der Waals surface area (Å²) in [4.78, 5) is 4.47. The van der Waals surface area contributed by atoms with Crippen LogP contribution in [-0.2, 0) is 0 Å². The van der Waals surface area contributed by atoms with Crippen LogP contribution in [0.1, 0.15) is 23.7 Å². The second-order valence-electron chi connectivity index (χ2n) is 4.49. The number of benzene rings is 1. The van der Waals surface area contributed by atoms with Crippen molar-refractivity contribution in [3.8, 4) is 5.69 Å². The second-order valence-corrected chi connectivity index (χ2v) is 5.93. The minimum atomic E-state index is -0.240. The lowest BCUT2D eigenvalue weighted by Gasteiger charge is -2.08. The molecule has 0 radical (unpaired) electrons. The average Bonchev–Trinajstić information content (AvgIpc) is 2.96. The summed E-state index contributed by atoms with van der Waals surface area (Å²) in [6.45, 7) is 3.62. The van der Waals surface area contributed by atoms with Gasteiger partial charge in [-0.05, 0) is 36.9 Å². The number of hydrogen-bond acceptors (Lipinski definition) is 2. The highest BCUT2D eigenvalue weighted by Gasteiger charge is 2.17. The zero-order valence-corrected chi connectivity index (χ0v) is 12.1. The van der Waals surface area contributed by atoms with Crippen LogP contribution in [0.15, 0.2) is 29.0 Å². The fourth-order valence-electron chi connectivity index (χ4n) is 2.14. The summed E-state index contributed by atoms with van der Waals surface area (Å²) < 4.78 is 15.6. The molecule has 2 nitrogen and oxygen atoms in total. The molecule has 0 fully saturated rings. The molecular formula is C14H12ClFN2S. The zero-order chi connectivity index (χ0) is 13.6. The highest BCUT2D eigenvalue weighted by atomic mass is 35.5. The number of nitrogens with zero attached hydrogens (tertiary/aromatic N) is 2. The van der Waals surface area contributed by atoms with Crippen LogP contribution in [-0.4, -0.2) is 9.55 Å². The third kappa shape index (κ3) is 2.05. The molecule has 98 valence electrons. The molecule has 0 saturated carbocycles. The zero-order valence-electron chi connectivity index (χ0n) is 10.5. The first-order chi connectivity index (χ1) is 9.08. The molecule has 2 heterocycles. The molecule has 0 saturated heterocycles. The molecule has 0 spiro atoms. The van der Waals surface area contributed by atoms with E-state index in [2.05, 4.69) is 4.98 Å². The van der Waals surface area contributed by atoms with Crippen molar-refractivity contribution >= 4 is 34.0 Å². The molecule has 0 aliphatic rings. The van der Waals surface area contributed by atoms with Crippen LogP contribution in [0, 0.1) is 12.7 Å². The molecular weight excluding hydrogens is 283 g/mol. The van der Waals surface area contributed by atoms with Gasteiger partial charge < -0.3 is 0 Å². The first kappa shape index (κ1) is 12.6. The molecule has 0 bridgehead atoms. The third-order valence-electron chi connectivity index (χ3n) is 3.08. The molecule has 1 unspecified atom stereocenters. The summed E-state index contributed by atoms with van der Waals surface area (Å²) >= 11 is 7.81. The maximum Gasteiger partial charge on any atom is 0.132 e. The van der Waals surface area contributed by atoms with Gasteiger partial charge in [-0.3, -0.25) is 4.57 Å². The number of imidazole rings is 1. The lowest BCUT2D eigenvalue weighted by atomic mass is 10.2. The maximum absolute atomic E-state index is 13.7. The Morgan fingerprint density at radius 2 is 2.21 bits per heavy atom. The Bertz CT molecular complexity index is 732. The molecule has 0 N–H and O–H groups in total. The van der Waals surface area contributed by atoms with Gasteiger partial charge in [0.15, 0.2) is 0 Å². The standard InChI is InChI=1S/C14H12ClFN2S/c1-8-5-13-12(6-11(8)16)17-14(9(2)15)18(13)10-3-4-19-7-10/h3-7,9H,1-2H3. The van der Waals surface area contributed by atoms with Crippen molar-refractivity contribution in [3.05, 3.63) is 46.2 Å². The Hall–Kier alpha value is -1.39. The molecule has 0 amide bonds. The number of fused-ring (bicyclic) bond motifs is 1. The van der Waals surface area contributed by atoms with Gasteiger partial charge in [-0.1, -0.05) is 0 Å². The van der Waals surface area contributed by atoms with Crippen molar-refractivity contribution in [3.63, 3.8) is 0 Å². The topological polar surface area (TPSA) is 17.8 Å². The van der Waals surface area contributed by atoms with Crippen LogP contribution in [0.25, 0.3) is 16.7 Å². The number of rotatable bonds is 2. The van der Waals surface area contributed by atoms with E-state index in [0.29, 0.717) is 11.1 Å². The number of hydrogen-bond donors (Lipinski definition) is 0. The summed E-state index contributed by atoms with van der Waals surface area (Å²) in [5.74, 6) is 0.497. The number of halogens is 2. The van der Waals surface area contributed by atoms with E-state index in [1.807, 2.05) is 34.4 Å². The number of alkyl halides is 1. The van der Waals surface area contributed by atoms with Gasteiger partial charge in [0, 0.05) is 11.4 Å². The number of aromatic nitrogens is 2. The minimum absolute atomic E-state index is 0.240. The van der Waals surface area contributed by atoms with Gasteiger partial charge in [-0.2, -0.15) is 11.3 Å². The number of aryl methyl sites for hydroxylation is 1. The highest BCUT2D eigenvalue weighted by Crippen LogP contribution is 2.30. The molecule has 0 aliphatic carbocycles. The van der Waals surface area contributed by atoms with Gasteiger partial charge in [0.05, 0.1) is 22.1 Å². The third-order valence-corrected chi connectivity index (χ3v) is 3.95. The van der Waals surface area contributed by atoms with Crippen LogP contribution >= 0.6 is 22.9 Å². The van der Waals surface area contributed by atoms with Crippen LogP contribution in [0.3, 0.4) is 0 Å². The molecule has 1 aromatic carbocycles. The molecule has 5 heteroatoms. The molecule has 0 aliphatic heterocycles. The van der Waals surface area contributed by atoms with E-state index in [4.69, 9.17) is 11.6 Å². The highest BCUT2D eigenvalue weighted by molar-refractivity contribution is 7.08. The van der Waals surface area contributed by atoms with Crippen molar-refractivity contribution in [1.29, 1.82) is 0 Å². The Balaban J connectivity index is 2.39. The Morgan fingerprint density at radius 1 is 1.42 bits per heavy atom. The fourth-order valence-corrected chi connectivity index (χ4v) is 2.91. The van der Waals surface area contributed by atoms with E-state index in [0.717, 1.165) is 17.0 Å². The van der Waals surface area contributed by atoms with Crippen LogP contribution in [0.4, 0.5) is 4.39 Å². The Morgan fingerprint density at radius 3 is 2.84 bits per heavy atom. The van der Waals surface area contributed by atoms with Crippen LogP contribution < -0.4 is 0 Å². The predicted molar refractivity (Wildman–Crippen MR) is 77.9 cm³/mol. The minimum Gasteiger partial charge on any atom is -0.294 e. The van der Waals surface area contributed by atoms with Crippen LogP contribution in [0.5, 0.6) is 0 Å². The smallest absolute Gasteiger partial charge is 0.132 e. The summed E-state index contributed by atoms with van der Waals surface area (Å²) in [7, 11) is 0. The summed E-state index contributed by atoms with van der Waals surface area (Å²) in [6, 6.07) is 5.29. The Kier molecular flexibility index (Phi) is 3.07. The van der Waals surface area contributed by atoms with E-state index in [1.165, 1.54) is 6.07 Å². The van der Waals surface area contributed by atoms with Crippen molar-refractivity contribution in [1.82, 2.24) is 9.55 Å². The van der Waals surface area contributed by atoms with E-state index in [-0.39, 0.29) is 11.2 Å². The number of thiophene rings is 1. The SMILES string of the molecule is Cc1cc2c(cc1F)nc(C(C)Cl)n2-c1ccsc1. The average molecular weight is 295 g/mol. The second kappa shape index (κ2) is 4.62.